The van der Waals surface area contributed by atoms with E-state index in [9.17, 15) is 27.9 Å². The molecule has 1 aliphatic rings. The SMILES string of the molecule is Cc1cnc(-c2cc(OC[C@H]3CN(C(=O)O)CCO3)cc(C(=O)N[C@H](C)C(C)(C)Cc3cnc(C(F)(F)F)nc3)c2)s1. The van der Waals surface area contributed by atoms with Crippen molar-refractivity contribution in [3.8, 4) is 16.3 Å². The molecule has 3 aromatic rings. The van der Waals surface area contributed by atoms with Crippen LogP contribution in [0.25, 0.3) is 10.6 Å². The number of carbonyl (C=O) groups is 2. The molecule has 2 amide bonds. The van der Waals surface area contributed by atoms with Crippen LogP contribution in [0.15, 0.2) is 36.8 Å². The summed E-state index contributed by atoms with van der Waals surface area (Å²) in [4.78, 5) is 38.3. The molecule has 2 aromatic heterocycles. The van der Waals surface area contributed by atoms with Gasteiger partial charge in [0.2, 0.25) is 5.82 Å². The number of carbonyl (C=O) groups excluding carboxylic acids is 1. The van der Waals surface area contributed by atoms with Crippen LogP contribution in [0.2, 0.25) is 0 Å². The Labute approximate surface area is 244 Å². The van der Waals surface area contributed by atoms with E-state index in [2.05, 4.69) is 20.3 Å². The van der Waals surface area contributed by atoms with Crippen molar-refractivity contribution in [2.45, 2.75) is 52.4 Å². The predicted octanol–water partition coefficient (Wildman–Crippen LogP) is 5.07. The van der Waals surface area contributed by atoms with Gasteiger partial charge in [-0.25, -0.2) is 19.7 Å². The number of morpholine rings is 1. The van der Waals surface area contributed by atoms with Gasteiger partial charge in [-0.15, -0.1) is 11.3 Å². The number of aromatic nitrogens is 3. The zero-order chi connectivity index (χ0) is 30.7. The maximum Gasteiger partial charge on any atom is 0.451 e. The van der Waals surface area contributed by atoms with Gasteiger partial charge in [0.05, 0.1) is 13.2 Å². The van der Waals surface area contributed by atoms with Crippen molar-refractivity contribution in [3.63, 3.8) is 0 Å². The Morgan fingerprint density at radius 1 is 1.19 bits per heavy atom. The molecule has 0 radical (unpaired) electrons. The number of hydrogen-bond donors (Lipinski definition) is 2. The van der Waals surface area contributed by atoms with Crippen LogP contribution in [0.1, 0.15) is 47.4 Å². The van der Waals surface area contributed by atoms with Crippen molar-refractivity contribution in [2.24, 2.45) is 5.41 Å². The molecule has 0 unspecified atom stereocenters. The second kappa shape index (κ2) is 12.6. The van der Waals surface area contributed by atoms with Gasteiger partial charge in [0.25, 0.3) is 5.91 Å². The minimum atomic E-state index is -4.62. The molecule has 42 heavy (non-hydrogen) atoms. The van der Waals surface area contributed by atoms with Crippen molar-refractivity contribution < 1.29 is 37.3 Å². The second-order valence-electron chi connectivity index (χ2n) is 10.8. The van der Waals surface area contributed by atoms with Crippen LogP contribution in [0, 0.1) is 12.3 Å². The number of thiazole rings is 1. The van der Waals surface area contributed by atoms with Gasteiger partial charge in [0.1, 0.15) is 23.5 Å². The Kier molecular flexibility index (Phi) is 9.36. The number of halogens is 3. The summed E-state index contributed by atoms with van der Waals surface area (Å²) in [6, 6.07) is 4.69. The minimum absolute atomic E-state index is 0.0871. The lowest BCUT2D eigenvalue weighted by Crippen LogP contribution is -2.47. The Morgan fingerprint density at radius 2 is 1.90 bits per heavy atom. The number of nitrogens with one attached hydrogen (secondary N) is 1. The van der Waals surface area contributed by atoms with E-state index in [1.807, 2.05) is 27.7 Å². The number of benzene rings is 1. The Balaban J connectivity index is 1.49. The lowest BCUT2D eigenvalue weighted by molar-refractivity contribution is -0.145. The average molecular weight is 608 g/mol. The summed E-state index contributed by atoms with van der Waals surface area (Å²) >= 11 is 1.46. The molecule has 0 spiro atoms. The number of hydrogen-bond acceptors (Lipinski definition) is 8. The first-order valence-corrected chi connectivity index (χ1v) is 14.0. The Bertz CT molecular complexity index is 1410. The largest absolute Gasteiger partial charge is 0.491 e. The first-order chi connectivity index (χ1) is 19.7. The molecule has 2 atom stereocenters. The van der Waals surface area contributed by atoms with Crippen molar-refractivity contribution in [1.29, 1.82) is 0 Å². The number of amides is 2. The summed E-state index contributed by atoms with van der Waals surface area (Å²) in [6.07, 6.45) is -1.74. The molecule has 0 aliphatic carbocycles. The number of nitrogens with zero attached hydrogens (tertiary/aromatic N) is 4. The Morgan fingerprint density at radius 3 is 2.52 bits per heavy atom. The third kappa shape index (κ3) is 7.94. The fourth-order valence-corrected chi connectivity index (χ4v) is 5.11. The van der Waals surface area contributed by atoms with Crippen molar-refractivity contribution in [1.82, 2.24) is 25.2 Å². The van der Waals surface area contributed by atoms with Gasteiger partial charge in [-0.05, 0) is 49.4 Å². The maximum absolute atomic E-state index is 13.4. The highest BCUT2D eigenvalue weighted by Gasteiger charge is 2.35. The molecule has 10 nitrogen and oxygen atoms in total. The van der Waals surface area contributed by atoms with Gasteiger partial charge in [0.15, 0.2) is 0 Å². The molecule has 0 bridgehead atoms. The molecule has 1 fully saturated rings. The summed E-state index contributed by atoms with van der Waals surface area (Å²) in [7, 11) is 0. The van der Waals surface area contributed by atoms with Crippen molar-refractivity contribution in [3.05, 3.63) is 58.6 Å². The van der Waals surface area contributed by atoms with Gasteiger partial charge >= 0.3 is 12.3 Å². The van der Waals surface area contributed by atoms with Gasteiger partial charge in [-0.1, -0.05) is 13.8 Å². The van der Waals surface area contributed by atoms with Crippen LogP contribution in [0.3, 0.4) is 0 Å². The van der Waals surface area contributed by atoms with Crippen molar-refractivity contribution in [2.75, 3.05) is 26.3 Å². The molecule has 0 saturated carbocycles. The Hall–Kier alpha value is -3.78. The molecule has 1 aliphatic heterocycles. The molecular weight excluding hydrogens is 575 g/mol. The number of ether oxygens (including phenoxy) is 2. The van der Waals surface area contributed by atoms with E-state index in [0.29, 0.717) is 33.9 Å². The standard InChI is InChI=1S/C28H32F3N5O5S/c1-16-11-32-24(42-16)20-7-19(8-21(9-20)41-15-22-14-36(26(38)39)5-6-40-22)23(37)35-17(2)27(3,4)10-18-12-33-25(34-13-18)28(29,30)31/h7-9,11-13,17,22H,5-6,10,14-15H2,1-4H3,(H,35,37)(H,38,39)/t17-,22-/m1/s1. The van der Waals surface area contributed by atoms with Crippen LogP contribution in [-0.4, -0.2) is 75.4 Å². The molecule has 3 heterocycles. The number of carboxylic acid groups (broad SMARTS) is 1. The molecule has 1 saturated heterocycles. The second-order valence-corrected chi connectivity index (χ2v) is 12.1. The summed E-state index contributed by atoms with van der Waals surface area (Å²) in [5.74, 6) is -1.17. The monoisotopic (exact) mass is 607 g/mol. The van der Waals surface area contributed by atoms with E-state index in [1.54, 1.807) is 24.4 Å². The molecule has 2 N–H and O–H groups in total. The fourth-order valence-electron chi connectivity index (χ4n) is 4.36. The third-order valence-corrected chi connectivity index (χ3v) is 7.98. The van der Waals surface area contributed by atoms with E-state index in [4.69, 9.17) is 9.47 Å². The molecular formula is C28H32F3N5O5S. The quantitative estimate of drug-likeness (QED) is 0.345. The van der Waals surface area contributed by atoms with Gasteiger partial charge in [-0.2, -0.15) is 13.2 Å². The first kappa shape index (κ1) is 31.2. The number of alkyl halides is 3. The summed E-state index contributed by atoms with van der Waals surface area (Å²) in [6.45, 7) is 8.34. The van der Waals surface area contributed by atoms with Crippen LogP contribution < -0.4 is 10.1 Å². The van der Waals surface area contributed by atoms with Crippen LogP contribution in [0.5, 0.6) is 5.75 Å². The van der Waals surface area contributed by atoms with Gasteiger partial charge in [0, 0.05) is 47.2 Å². The molecule has 1 aromatic carbocycles. The number of aryl methyl sites for hydroxylation is 1. The van der Waals surface area contributed by atoms with Gasteiger partial charge < -0.3 is 24.8 Å². The number of rotatable bonds is 9. The van der Waals surface area contributed by atoms with Crippen molar-refractivity contribution >= 4 is 23.3 Å². The lowest BCUT2D eigenvalue weighted by Gasteiger charge is -2.32. The first-order valence-electron chi connectivity index (χ1n) is 13.2. The summed E-state index contributed by atoms with van der Waals surface area (Å²) in [5.41, 5.74) is 0.961. The smallest absolute Gasteiger partial charge is 0.451 e. The molecule has 4 rings (SSSR count). The minimum Gasteiger partial charge on any atom is -0.491 e. The van der Waals surface area contributed by atoms with E-state index in [0.717, 1.165) is 17.3 Å². The third-order valence-electron chi connectivity index (χ3n) is 7.02. The van der Waals surface area contributed by atoms with Crippen LogP contribution >= 0.6 is 11.3 Å². The molecule has 14 heteroatoms. The van der Waals surface area contributed by atoms with Crippen LogP contribution in [-0.2, 0) is 17.3 Å². The highest BCUT2D eigenvalue weighted by molar-refractivity contribution is 7.14. The van der Waals surface area contributed by atoms with Gasteiger partial charge in [-0.3, -0.25) is 4.79 Å². The highest BCUT2D eigenvalue weighted by Crippen LogP contribution is 2.31. The highest BCUT2D eigenvalue weighted by atomic mass is 32.1. The summed E-state index contributed by atoms with van der Waals surface area (Å²) < 4.78 is 50.1. The fraction of sp³-hybridized carbons (Fsp3) is 0.464. The maximum atomic E-state index is 13.4. The van der Waals surface area contributed by atoms with E-state index in [-0.39, 0.29) is 38.3 Å². The average Bonchev–Trinajstić information content (AvgIpc) is 3.37. The van der Waals surface area contributed by atoms with E-state index in [1.165, 1.54) is 16.2 Å². The topological polar surface area (TPSA) is 127 Å². The summed E-state index contributed by atoms with van der Waals surface area (Å²) in [5, 5.41) is 13.0. The zero-order valence-corrected chi connectivity index (χ0v) is 24.4. The van der Waals surface area contributed by atoms with Crippen LogP contribution in [0.4, 0.5) is 18.0 Å². The lowest BCUT2D eigenvalue weighted by atomic mass is 9.80. The predicted molar refractivity (Wildman–Crippen MR) is 149 cm³/mol. The van der Waals surface area contributed by atoms with E-state index < -0.39 is 29.6 Å². The molecule has 226 valence electrons. The normalized spacial score (nSPS) is 16.6. The van der Waals surface area contributed by atoms with E-state index >= 15 is 0 Å². The zero-order valence-electron chi connectivity index (χ0n) is 23.6.